The molecule has 34 heteroatoms. The van der Waals surface area contributed by atoms with Gasteiger partial charge in [0, 0.05) is 33.6 Å². The Morgan fingerprint density at radius 1 is 0.566 bits per heavy atom. The molecular formula is C42H69N3O31. The van der Waals surface area contributed by atoms with Crippen molar-refractivity contribution in [2.75, 3.05) is 26.4 Å². The lowest BCUT2D eigenvalue weighted by molar-refractivity contribution is -0.391. The lowest BCUT2D eigenvalue weighted by atomic mass is 9.88. The van der Waals surface area contributed by atoms with Crippen molar-refractivity contribution in [3.8, 4) is 0 Å². The summed E-state index contributed by atoms with van der Waals surface area (Å²) in [6.45, 7) is -0.631. The molecule has 5 aliphatic heterocycles. The molecule has 3 amide bonds. The van der Waals surface area contributed by atoms with E-state index in [9.17, 15) is 111 Å². The molecule has 5 heterocycles. The number of carboxylic acids is 2. The average molecular weight is 1110 g/mol. The fourth-order valence-electron chi connectivity index (χ4n) is 9.47. The van der Waals surface area contributed by atoms with Gasteiger partial charge in [0.25, 0.3) is 11.6 Å². The Balaban J connectivity index is 1.58. The minimum Gasteiger partial charge on any atom is -0.477 e. The molecule has 0 bridgehead atoms. The van der Waals surface area contributed by atoms with Gasteiger partial charge >= 0.3 is 11.9 Å². The fraction of sp³-hybridized carbons (Fsp3) is 0.881. The molecular weight excluding hydrogens is 1040 g/mol. The van der Waals surface area contributed by atoms with Crippen molar-refractivity contribution in [1.29, 1.82) is 0 Å². The van der Waals surface area contributed by atoms with Crippen LogP contribution in [0.15, 0.2) is 0 Å². The third kappa shape index (κ3) is 13.7. The second kappa shape index (κ2) is 26.1. The lowest BCUT2D eigenvalue weighted by Crippen LogP contribution is -2.72. The summed E-state index contributed by atoms with van der Waals surface area (Å²) in [5, 5.41) is 190. The van der Waals surface area contributed by atoms with Gasteiger partial charge in [-0.2, -0.15) is 0 Å². The van der Waals surface area contributed by atoms with E-state index in [1.165, 1.54) is 6.92 Å². The van der Waals surface area contributed by atoms with Gasteiger partial charge in [-0.05, 0) is 6.92 Å². The van der Waals surface area contributed by atoms with Gasteiger partial charge in [0.05, 0.1) is 56.8 Å². The van der Waals surface area contributed by atoms with Gasteiger partial charge in [0.2, 0.25) is 17.7 Å². The van der Waals surface area contributed by atoms with Crippen LogP contribution in [-0.2, 0) is 66.6 Å². The monoisotopic (exact) mass is 1110 g/mol. The summed E-state index contributed by atoms with van der Waals surface area (Å²) in [5.74, 6) is -13.2. The molecule has 0 aromatic heterocycles. The number of aliphatic carboxylic acids is 2. The number of rotatable bonds is 21. The van der Waals surface area contributed by atoms with Gasteiger partial charge in [-0.25, -0.2) is 9.59 Å². The SMILES string of the molecule is CC(=O)N[C@@H]1[C@@H](O[C@@H]2O[C@H](CO)[C@H](O)[C@H](O[C@]3(C(=O)O)C[C@H](O)[C@@H](NC(C)=O)[C@H]([C@H](O)[C@H](O)CO)O3)[C@H]2O)[C@H](O[C@@H]2O[C@@H](C)[C@@H](O)[C@@H](O)[C@@H]2O)[C@@H](CO[C@]2(C(=O)O)C[C@H](O)[C@@H](NC(C)=O)[C@H]([C@H](O)[C@H](O)CO)O2)O[C@H]1O. The Morgan fingerprint density at radius 2 is 1.03 bits per heavy atom. The van der Waals surface area contributed by atoms with E-state index >= 15 is 0 Å². The second-order valence-electron chi connectivity index (χ2n) is 19.0. The predicted molar refractivity (Wildman–Crippen MR) is 234 cm³/mol. The summed E-state index contributed by atoms with van der Waals surface area (Å²) >= 11 is 0. The van der Waals surface area contributed by atoms with Crippen molar-refractivity contribution in [2.24, 2.45) is 0 Å². The van der Waals surface area contributed by atoms with Crippen LogP contribution in [0.3, 0.4) is 0 Å². The molecule has 5 saturated heterocycles. The summed E-state index contributed by atoms with van der Waals surface area (Å²) in [6.07, 6.45) is -48.9. The number of hydrogen-bond donors (Lipinski definition) is 20. The minimum absolute atomic E-state index is 0.830. The van der Waals surface area contributed by atoms with Crippen molar-refractivity contribution in [2.45, 2.75) is 205 Å². The van der Waals surface area contributed by atoms with E-state index in [0.717, 1.165) is 20.8 Å². The molecule has 5 fully saturated rings. The van der Waals surface area contributed by atoms with Crippen LogP contribution in [-0.4, -0.2) is 307 Å². The number of hydrogen-bond acceptors (Lipinski definition) is 29. The lowest BCUT2D eigenvalue weighted by Gasteiger charge is -2.52. The average Bonchev–Trinajstić information content (AvgIpc) is 3.35. The first-order chi connectivity index (χ1) is 35.5. The zero-order chi connectivity index (χ0) is 57.0. The molecule has 0 aromatic rings. The van der Waals surface area contributed by atoms with E-state index in [1.807, 2.05) is 0 Å². The van der Waals surface area contributed by atoms with Crippen LogP contribution >= 0.6 is 0 Å². The van der Waals surface area contributed by atoms with Crippen molar-refractivity contribution >= 4 is 29.7 Å². The van der Waals surface area contributed by atoms with Crippen LogP contribution in [0.5, 0.6) is 0 Å². The second-order valence-corrected chi connectivity index (χ2v) is 19.0. The van der Waals surface area contributed by atoms with E-state index in [1.54, 1.807) is 0 Å². The first-order valence-electron chi connectivity index (χ1n) is 23.7. The number of carbonyl (C=O) groups excluding carboxylic acids is 3. The molecule has 0 spiro atoms. The summed E-state index contributed by atoms with van der Waals surface area (Å²) in [7, 11) is 0. The topological polar surface area (TPSA) is 548 Å². The highest BCUT2D eigenvalue weighted by Crippen LogP contribution is 2.40. The van der Waals surface area contributed by atoms with Crippen LogP contribution in [0.4, 0.5) is 0 Å². The van der Waals surface area contributed by atoms with Gasteiger partial charge in [0.15, 0.2) is 18.9 Å². The maximum atomic E-state index is 13.1. The van der Waals surface area contributed by atoms with Crippen molar-refractivity contribution in [3.05, 3.63) is 0 Å². The van der Waals surface area contributed by atoms with E-state index in [4.69, 9.17) is 42.6 Å². The van der Waals surface area contributed by atoms with Crippen molar-refractivity contribution in [1.82, 2.24) is 16.0 Å². The van der Waals surface area contributed by atoms with Crippen LogP contribution < -0.4 is 16.0 Å². The Hall–Kier alpha value is -3.61. The molecule has 5 aliphatic rings. The molecule has 76 heavy (non-hydrogen) atoms. The molecule has 438 valence electrons. The third-order valence-electron chi connectivity index (χ3n) is 13.4. The quantitative estimate of drug-likeness (QED) is 0.0507. The third-order valence-corrected chi connectivity index (χ3v) is 13.4. The number of ether oxygens (including phenoxy) is 9. The first-order valence-corrected chi connectivity index (χ1v) is 23.7. The largest absolute Gasteiger partial charge is 0.477 e. The Labute approximate surface area is 430 Å². The number of carboxylic acid groups (broad SMARTS) is 2. The molecule has 0 radical (unpaired) electrons. The Kier molecular flexibility index (Phi) is 21.7. The summed E-state index contributed by atoms with van der Waals surface area (Å²) in [5.41, 5.74) is 0. The number of aliphatic hydroxyl groups excluding tert-OH is 15. The zero-order valence-corrected chi connectivity index (χ0v) is 41.0. The molecule has 20 N–H and O–H groups in total. The minimum atomic E-state index is -3.27. The standard InChI is InChI=1S/C42H69N3O31/c1-11-24(56)28(60)29(61)37(69-11)72-31-20(10-68-41(39(64)65)5-15(52)21(43-12(2)49)32(74-41)25(57)17(54)7-46)70-36(63)23(45-14(4)51)34(31)73-38-30(62)35(27(59)19(9-48)71-38)76-42(40(66)67)6-16(53)22(44-13(3)50)33(75-42)26(58)18(55)8-47/h11,15-38,46-48,52-63H,5-10H2,1-4H3,(H,43,49)(H,44,50)(H,45,51)(H,64,65)(H,66,67)/t11-,15-,16-,17+,18+,19+,20+,21+,22+,23+,24+,25+,26+,27-,28+,29-,30+,31+,32+,33+,34+,35-,36+,37-,38-,41+,42-/m0/s1. The van der Waals surface area contributed by atoms with Crippen LogP contribution in [0.1, 0.15) is 40.5 Å². The molecule has 34 nitrogen and oxygen atoms in total. The van der Waals surface area contributed by atoms with Gasteiger partial charge in [-0.3, -0.25) is 14.4 Å². The smallest absolute Gasteiger partial charge is 0.364 e. The van der Waals surface area contributed by atoms with Gasteiger partial charge in [-0.1, -0.05) is 0 Å². The zero-order valence-electron chi connectivity index (χ0n) is 41.0. The first kappa shape index (κ1) is 63.2. The molecule has 5 rings (SSSR count). The van der Waals surface area contributed by atoms with Crippen LogP contribution in [0.25, 0.3) is 0 Å². The number of nitrogens with one attached hydrogen (secondary N) is 3. The number of amides is 3. The fourth-order valence-corrected chi connectivity index (χ4v) is 9.47. The molecule has 0 aromatic carbocycles. The van der Waals surface area contributed by atoms with E-state index in [0.29, 0.717) is 0 Å². The van der Waals surface area contributed by atoms with E-state index in [-0.39, 0.29) is 0 Å². The van der Waals surface area contributed by atoms with Crippen molar-refractivity contribution in [3.63, 3.8) is 0 Å². The van der Waals surface area contributed by atoms with Gasteiger partial charge in [-0.15, -0.1) is 0 Å². The van der Waals surface area contributed by atoms with E-state index in [2.05, 4.69) is 16.0 Å². The number of aliphatic hydroxyl groups is 15. The summed E-state index contributed by atoms with van der Waals surface area (Å²) in [6, 6.07) is -5.33. The van der Waals surface area contributed by atoms with Gasteiger partial charge in [0.1, 0.15) is 104 Å². The highest BCUT2D eigenvalue weighted by atomic mass is 16.8. The molecule has 0 saturated carbocycles. The highest BCUT2D eigenvalue weighted by Gasteiger charge is 2.62. The van der Waals surface area contributed by atoms with Crippen molar-refractivity contribution < 1.29 is 153 Å². The molecule has 0 aliphatic carbocycles. The highest BCUT2D eigenvalue weighted by molar-refractivity contribution is 5.77. The van der Waals surface area contributed by atoms with E-state index < -0.39 is 233 Å². The van der Waals surface area contributed by atoms with Crippen LogP contribution in [0, 0.1) is 0 Å². The predicted octanol–water partition coefficient (Wildman–Crippen LogP) is -12.1. The molecule has 27 atom stereocenters. The Morgan fingerprint density at radius 3 is 1.50 bits per heavy atom. The maximum absolute atomic E-state index is 13.1. The van der Waals surface area contributed by atoms with Crippen LogP contribution in [0.2, 0.25) is 0 Å². The van der Waals surface area contributed by atoms with Gasteiger partial charge < -0.3 is 145 Å². The number of carbonyl (C=O) groups is 5. The summed E-state index contributed by atoms with van der Waals surface area (Å²) < 4.78 is 52.1. The summed E-state index contributed by atoms with van der Waals surface area (Å²) in [4.78, 5) is 63.2. The normalized spacial score (nSPS) is 43.6. The maximum Gasteiger partial charge on any atom is 0.364 e. The molecule has 0 unspecified atom stereocenters. The Bertz CT molecular complexity index is 1980.